The van der Waals surface area contributed by atoms with E-state index in [1.54, 1.807) is 31.3 Å². The molecule has 0 spiro atoms. The highest BCUT2D eigenvalue weighted by Gasteiger charge is 2.11. The van der Waals surface area contributed by atoms with Crippen LogP contribution in [0.4, 0.5) is 0 Å². The van der Waals surface area contributed by atoms with Crippen LogP contribution in [-0.4, -0.2) is 45.8 Å². The van der Waals surface area contributed by atoms with Gasteiger partial charge < -0.3 is 0 Å². The summed E-state index contributed by atoms with van der Waals surface area (Å²) >= 11 is 0. The summed E-state index contributed by atoms with van der Waals surface area (Å²) < 4.78 is 0. The number of nitrogens with zero attached hydrogens (tertiary/aromatic N) is 4. The summed E-state index contributed by atoms with van der Waals surface area (Å²) in [6, 6.07) is 6.87. The zero-order chi connectivity index (χ0) is 12.3. The normalized spacial score (nSPS) is 10.2. The molecule has 2 aromatic rings. The van der Waals surface area contributed by atoms with E-state index < -0.39 is 0 Å². The third-order valence-electron chi connectivity index (χ3n) is 2.30. The van der Waals surface area contributed by atoms with Crippen molar-refractivity contribution in [3.05, 3.63) is 29.8 Å². The van der Waals surface area contributed by atoms with Crippen LogP contribution in [0.2, 0.25) is 0 Å². The van der Waals surface area contributed by atoms with Crippen LogP contribution in [0.3, 0.4) is 0 Å². The van der Waals surface area contributed by atoms with Gasteiger partial charge >= 0.3 is 0 Å². The molecule has 1 aromatic heterocycles. The van der Waals surface area contributed by atoms with E-state index in [2.05, 4.69) is 20.6 Å². The Morgan fingerprint density at radius 1 is 1.35 bits per heavy atom. The van der Waals surface area contributed by atoms with E-state index in [1.165, 1.54) is 7.11 Å². The molecule has 0 atom stereocenters. The molecule has 0 unspecified atom stereocenters. The summed E-state index contributed by atoms with van der Waals surface area (Å²) in [6.07, 6.45) is 0. The van der Waals surface area contributed by atoms with Gasteiger partial charge in [0.2, 0.25) is 5.82 Å². The monoisotopic (exact) mass is 233 g/mol. The Kier molecular flexibility index (Phi) is 3.10. The van der Waals surface area contributed by atoms with E-state index in [0.717, 1.165) is 10.6 Å². The van der Waals surface area contributed by atoms with Crippen LogP contribution in [0.15, 0.2) is 24.3 Å². The second-order valence-corrected chi connectivity index (χ2v) is 3.30. The zero-order valence-corrected chi connectivity index (χ0v) is 9.41. The molecule has 7 heteroatoms. The third kappa shape index (κ3) is 2.28. The first-order valence-corrected chi connectivity index (χ1v) is 4.88. The maximum absolute atomic E-state index is 11.7. The Morgan fingerprint density at radius 3 is 2.59 bits per heavy atom. The van der Waals surface area contributed by atoms with Crippen LogP contribution in [0.1, 0.15) is 10.4 Å². The maximum Gasteiger partial charge on any atom is 0.277 e. The quantitative estimate of drug-likeness (QED) is 0.780. The van der Waals surface area contributed by atoms with Crippen LogP contribution in [0.5, 0.6) is 0 Å². The van der Waals surface area contributed by atoms with Crippen molar-refractivity contribution in [3.63, 3.8) is 0 Å². The van der Waals surface area contributed by atoms with Crippen molar-refractivity contribution in [2.24, 2.45) is 0 Å². The van der Waals surface area contributed by atoms with Crippen LogP contribution < -0.4 is 0 Å². The molecule has 1 heterocycles. The Morgan fingerprint density at radius 2 is 2.06 bits per heavy atom. The fourth-order valence-electron chi connectivity index (χ4n) is 1.31. The van der Waals surface area contributed by atoms with Gasteiger partial charge in [-0.1, -0.05) is 12.1 Å². The molecule has 7 nitrogen and oxygen atoms in total. The van der Waals surface area contributed by atoms with Crippen molar-refractivity contribution < 1.29 is 9.63 Å². The molecule has 0 saturated heterocycles. The molecule has 17 heavy (non-hydrogen) atoms. The van der Waals surface area contributed by atoms with Gasteiger partial charge in [0, 0.05) is 18.2 Å². The molecular weight excluding hydrogens is 222 g/mol. The highest BCUT2D eigenvalue weighted by atomic mass is 16.7. The van der Waals surface area contributed by atoms with Gasteiger partial charge in [-0.25, -0.2) is 5.06 Å². The van der Waals surface area contributed by atoms with Crippen molar-refractivity contribution >= 4 is 5.91 Å². The third-order valence-corrected chi connectivity index (χ3v) is 2.30. The molecule has 0 aliphatic carbocycles. The minimum atomic E-state index is -0.216. The first-order chi connectivity index (χ1) is 8.22. The highest BCUT2D eigenvalue weighted by molar-refractivity contribution is 5.93. The molecule has 0 bridgehead atoms. The number of nitrogens with one attached hydrogen (secondary N) is 1. The topological polar surface area (TPSA) is 84.0 Å². The molecule has 1 aromatic carbocycles. The van der Waals surface area contributed by atoms with Gasteiger partial charge in [-0.2, -0.15) is 5.21 Å². The number of aromatic nitrogens is 4. The number of carbonyl (C=O) groups excluding carboxylic acids is 1. The van der Waals surface area contributed by atoms with Crippen molar-refractivity contribution in [2.75, 3.05) is 14.2 Å². The van der Waals surface area contributed by atoms with Crippen LogP contribution in [0, 0.1) is 0 Å². The molecule has 0 aliphatic heterocycles. The second-order valence-electron chi connectivity index (χ2n) is 3.30. The van der Waals surface area contributed by atoms with E-state index in [-0.39, 0.29) is 5.91 Å². The number of rotatable bonds is 3. The molecule has 2 rings (SSSR count). The van der Waals surface area contributed by atoms with Gasteiger partial charge in [0.25, 0.3) is 5.91 Å². The summed E-state index contributed by atoms with van der Waals surface area (Å²) in [5.74, 6) is 0.274. The average molecular weight is 233 g/mol. The van der Waals surface area contributed by atoms with Crippen molar-refractivity contribution in [3.8, 4) is 11.4 Å². The van der Waals surface area contributed by atoms with Crippen molar-refractivity contribution in [1.82, 2.24) is 25.7 Å². The highest BCUT2D eigenvalue weighted by Crippen LogP contribution is 2.14. The molecule has 1 amide bonds. The van der Waals surface area contributed by atoms with Crippen LogP contribution >= 0.6 is 0 Å². The molecule has 0 saturated carbocycles. The zero-order valence-electron chi connectivity index (χ0n) is 9.41. The van der Waals surface area contributed by atoms with Gasteiger partial charge in [0.1, 0.15) is 0 Å². The lowest BCUT2D eigenvalue weighted by Gasteiger charge is -2.13. The molecular formula is C10H11N5O2. The standard InChI is InChI=1S/C10H11N5O2/c1-15(17-2)10(16)8-5-3-7(4-6-8)9-11-13-14-12-9/h3-6H,1-2H3,(H,11,12,13,14). The molecule has 0 aliphatic rings. The second kappa shape index (κ2) is 4.71. The Hall–Kier alpha value is -2.28. The number of amides is 1. The number of benzene rings is 1. The fraction of sp³-hybridized carbons (Fsp3) is 0.200. The lowest BCUT2D eigenvalue weighted by molar-refractivity contribution is -0.0756. The first-order valence-electron chi connectivity index (χ1n) is 4.88. The summed E-state index contributed by atoms with van der Waals surface area (Å²) in [7, 11) is 2.99. The number of tetrazole rings is 1. The number of hydroxylamine groups is 2. The van der Waals surface area contributed by atoms with Gasteiger partial charge in [0.05, 0.1) is 7.11 Å². The van der Waals surface area contributed by atoms with E-state index in [4.69, 9.17) is 4.84 Å². The lowest BCUT2D eigenvalue weighted by Crippen LogP contribution is -2.25. The Bertz CT molecular complexity index is 494. The number of carbonyl (C=O) groups is 1. The van der Waals surface area contributed by atoms with E-state index in [0.29, 0.717) is 11.4 Å². The molecule has 0 fully saturated rings. The Labute approximate surface area is 97.3 Å². The summed E-state index contributed by atoms with van der Waals surface area (Å²) in [4.78, 5) is 16.5. The van der Waals surface area contributed by atoms with Crippen molar-refractivity contribution in [2.45, 2.75) is 0 Å². The number of hydrogen-bond acceptors (Lipinski definition) is 5. The van der Waals surface area contributed by atoms with Crippen LogP contribution in [0.25, 0.3) is 11.4 Å². The predicted molar refractivity (Wildman–Crippen MR) is 58.7 cm³/mol. The first kappa shape index (κ1) is 11.2. The van der Waals surface area contributed by atoms with E-state index >= 15 is 0 Å². The summed E-state index contributed by atoms with van der Waals surface area (Å²) in [5, 5.41) is 14.7. The van der Waals surface area contributed by atoms with Gasteiger partial charge in [-0.05, 0) is 17.3 Å². The molecule has 1 N–H and O–H groups in total. The fourth-order valence-corrected chi connectivity index (χ4v) is 1.31. The number of aromatic amines is 1. The molecule has 88 valence electrons. The lowest BCUT2D eigenvalue weighted by atomic mass is 10.1. The molecule has 0 radical (unpaired) electrons. The minimum absolute atomic E-state index is 0.216. The maximum atomic E-state index is 11.7. The number of H-pyrrole nitrogens is 1. The van der Waals surface area contributed by atoms with Crippen LogP contribution in [-0.2, 0) is 4.84 Å². The SMILES string of the molecule is CON(C)C(=O)c1ccc(-c2nn[nH]n2)cc1. The predicted octanol–water partition coefficient (Wildman–Crippen LogP) is 0.500. The Balaban J connectivity index is 2.22. The average Bonchev–Trinajstić information content (AvgIpc) is 2.91. The van der Waals surface area contributed by atoms with Crippen molar-refractivity contribution in [1.29, 1.82) is 0 Å². The summed E-state index contributed by atoms with van der Waals surface area (Å²) in [6.45, 7) is 0. The van der Waals surface area contributed by atoms with Gasteiger partial charge in [-0.15, -0.1) is 10.2 Å². The minimum Gasteiger partial charge on any atom is -0.274 e. The van der Waals surface area contributed by atoms with Gasteiger partial charge in [-0.3, -0.25) is 9.63 Å². The van der Waals surface area contributed by atoms with E-state index in [9.17, 15) is 4.79 Å². The number of hydrogen-bond donors (Lipinski definition) is 1. The summed E-state index contributed by atoms with van der Waals surface area (Å²) in [5.41, 5.74) is 1.32. The smallest absolute Gasteiger partial charge is 0.274 e. The van der Waals surface area contributed by atoms with Gasteiger partial charge in [0.15, 0.2) is 0 Å². The largest absolute Gasteiger partial charge is 0.277 e. The van der Waals surface area contributed by atoms with E-state index in [1.807, 2.05) is 0 Å².